The first kappa shape index (κ1) is 21.1. The van der Waals surface area contributed by atoms with Gasteiger partial charge in [-0.3, -0.25) is 4.90 Å². The molecule has 142 valence electrons. The van der Waals surface area contributed by atoms with E-state index in [9.17, 15) is 37.0 Å². The molecule has 0 aliphatic rings. The van der Waals surface area contributed by atoms with Gasteiger partial charge in [0.05, 0.1) is 11.6 Å². The normalized spacial score (nSPS) is 14.2. The Morgan fingerprint density at radius 1 is 1.12 bits per heavy atom. The van der Waals surface area contributed by atoms with Crippen LogP contribution in [-0.2, 0) is 6.54 Å². The van der Waals surface area contributed by atoms with Gasteiger partial charge in [0, 0.05) is 13.0 Å². The van der Waals surface area contributed by atoms with Gasteiger partial charge >= 0.3 is 18.2 Å². The molecule has 0 aromatic heterocycles. The molecule has 0 bridgehead atoms. The van der Waals surface area contributed by atoms with Crippen LogP contribution in [0.25, 0.3) is 0 Å². The van der Waals surface area contributed by atoms with Gasteiger partial charge in [-0.05, 0) is 25.8 Å². The van der Waals surface area contributed by atoms with Crippen molar-refractivity contribution in [2.24, 2.45) is 0 Å². The number of amides is 1. The van der Waals surface area contributed by atoms with E-state index < -0.39 is 42.7 Å². The van der Waals surface area contributed by atoms with Crippen molar-refractivity contribution in [1.82, 2.24) is 4.90 Å². The number of hydrogen-bond donors (Lipinski definition) is 2. The molecule has 2 N–H and O–H groups in total. The highest BCUT2D eigenvalue weighted by molar-refractivity contribution is 5.65. The van der Waals surface area contributed by atoms with Crippen LogP contribution in [0, 0.1) is 0 Å². The second-order valence-corrected chi connectivity index (χ2v) is 6.31. The summed E-state index contributed by atoms with van der Waals surface area (Å²) in [6.07, 6.45) is -9.73. The average Bonchev–Trinajstić information content (AvgIpc) is 2.44. The Labute approximate surface area is 141 Å². The summed E-state index contributed by atoms with van der Waals surface area (Å²) < 4.78 is 63.4. The van der Waals surface area contributed by atoms with Gasteiger partial charge in [0.15, 0.2) is 0 Å². The van der Waals surface area contributed by atoms with E-state index >= 15 is 0 Å². The lowest BCUT2D eigenvalue weighted by atomic mass is 9.91. The van der Waals surface area contributed by atoms with E-state index in [2.05, 4.69) is 0 Å². The average molecular weight is 369 g/mol. The Morgan fingerprint density at radius 3 is 2.04 bits per heavy atom. The quantitative estimate of drug-likeness (QED) is 0.705. The third-order valence-electron chi connectivity index (χ3n) is 3.78. The largest absolute Gasteiger partial charge is 0.465 e. The predicted molar refractivity (Wildman–Crippen MR) is 80.3 cm³/mol. The smallest absolute Gasteiger partial charge is 0.453 e. The number of aliphatic hydroxyl groups is 1. The summed E-state index contributed by atoms with van der Waals surface area (Å²) in [6, 6.07) is 6.67. The topological polar surface area (TPSA) is 60.8 Å². The minimum Gasteiger partial charge on any atom is -0.465 e. The number of hydrogen-bond acceptors (Lipinski definition) is 2. The van der Waals surface area contributed by atoms with Gasteiger partial charge in [-0.25, -0.2) is 4.79 Å². The molecule has 1 aromatic carbocycles. The molecule has 0 fully saturated rings. The molecule has 0 aliphatic heterocycles. The number of alkyl halides is 5. The molecule has 0 aliphatic carbocycles. The monoisotopic (exact) mass is 369 g/mol. The van der Waals surface area contributed by atoms with Crippen LogP contribution < -0.4 is 0 Å². The van der Waals surface area contributed by atoms with Crippen molar-refractivity contribution in [2.75, 3.05) is 0 Å². The molecule has 25 heavy (non-hydrogen) atoms. The van der Waals surface area contributed by atoms with E-state index in [0.717, 1.165) is 0 Å². The third kappa shape index (κ3) is 5.84. The molecule has 9 heteroatoms. The summed E-state index contributed by atoms with van der Waals surface area (Å²) in [5.41, 5.74) is -1.30. The zero-order valence-electron chi connectivity index (χ0n) is 13.7. The van der Waals surface area contributed by atoms with E-state index in [1.807, 2.05) is 0 Å². The first-order valence-corrected chi connectivity index (χ1v) is 7.46. The molecule has 1 unspecified atom stereocenters. The number of nitrogens with zero attached hydrogens (tertiary/aromatic N) is 1. The van der Waals surface area contributed by atoms with Crippen molar-refractivity contribution in [3.63, 3.8) is 0 Å². The molecule has 0 heterocycles. The standard InChI is InChI=1S/C16H20F5NO3/c1-14(2,25)12(8-9-15(17,18)16(19,20)21)22(13(23)24)10-11-6-4-3-5-7-11/h3-7,12,25H,8-10H2,1-2H3,(H,23,24). The van der Waals surface area contributed by atoms with Gasteiger partial charge in [0.25, 0.3) is 0 Å². The highest BCUT2D eigenvalue weighted by Crippen LogP contribution is 2.40. The molecule has 0 spiro atoms. The lowest BCUT2D eigenvalue weighted by Crippen LogP contribution is -2.52. The van der Waals surface area contributed by atoms with Gasteiger partial charge in [0.1, 0.15) is 0 Å². The van der Waals surface area contributed by atoms with Crippen LogP contribution in [0.15, 0.2) is 30.3 Å². The molecule has 1 amide bonds. The Bertz CT molecular complexity index is 569. The summed E-state index contributed by atoms with van der Waals surface area (Å²) in [4.78, 5) is 12.2. The summed E-state index contributed by atoms with van der Waals surface area (Å²) in [5.74, 6) is -4.96. The van der Waals surface area contributed by atoms with Crippen LogP contribution in [0.5, 0.6) is 0 Å². The number of rotatable bonds is 7. The fourth-order valence-electron chi connectivity index (χ4n) is 2.44. The van der Waals surface area contributed by atoms with Gasteiger partial charge in [0.2, 0.25) is 0 Å². The van der Waals surface area contributed by atoms with Crippen LogP contribution in [0.2, 0.25) is 0 Å². The minimum absolute atomic E-state index is 0.248. The van der Waals surface area contributed by atoms with Gasteiger partial charge in [-0.2, -0.15) is 22.0 Å². The minimum atomic E-state index is -5.73. The Hall–Kier alpha value is -1.90. The first-order valence-electron chi connectivity index (χ1n) is 7.46. The highest BCUT2D eigenvalue weighted by atomic mass is 19.4. The van der Waals surface area contributed by atoms with E-state index in [0.29, 0.717) is 10.5 Å². The lowest BCUT2D eigenvalue weighted by molar-refractivity contribution is -0.285. The van der Waals surface area contributed by atoms with E-state index in [-0.39, 0.29) is 6.54 Å². The number of carboxylic acid groups (broad SMARTS) is 1. The fraction of sp³-hybridized carbons (Fsp3) is 0.562. The summed E-state index contributed by atoms with van der Waals surface area (Å²) in [7, 11) is 0. The Morgan fingerprint density at radius 2 is 1.64 bits per heavy atom. The zero-order chi connectivity index (χ0) is 19.5. The van der Waals surface area contributed by atoms with Crippen LogP contribution in [-0.4, -0.2) is 44.9 Å². The first-order chi connectivity index (χ1) is 11.3. The second kappa shape index (κ2) is 7.55. The summed E-state index contributed by atoms with van der Waals surface area (Å²) in [5, 5.41) is 19.5. The van der Waals surface area contributed by atoms with Crippen molar-refractivity contribution >= 4 is 6.09 Å². The van der Waals surface area contributed by atoms with Gasteiger partial charge in [-0.1, -0.05) is 30.3 Å². The lowest BCUT2D eigenvalue weighted by Gasteiger charge is -2.38. The molecule has 4 nitrogen and oxygen atoms in total. The molecule has 1 atom stereocenters. The molecule has 0 radical (unpaired) electrons. The van der Waals surface area contributed by atoms with E-state index in [1.165, 1.54) is 13.8 Å². The van der Waals surface area contributed by atoms with Gasteiger partial charge in [-0.15, -0.1) is 0 Å². The van der Waals surface area contributed by atoms with Crippen LogP contribution in [0.1, 0.15) is 32.3 Å². The van der Waals surface area contributed by atoms with Crippen molar-refractivity contribution < 1.29 is 37.0 Å². The molecule has 0 saturated heterocycles. The SMILES string of the molecule is CC(C)(O)C(CCC(F)(F)C(F)(F)F)N(Cc1ccccc1)C(=O)O. The van der Waals surface area contributed by atoms with E-state index in [4.69, 9.17) is 0 Å². The number of carbonyl (C=O) groups is 1. The Kier molecular flexibility index (Phi) is 6.39. The highest BCUT2D eigenvalue weighted by Gasteiger charge is 2.57. The molecule has 1 rings (SSSR count). The molecular formula is C16H20F5NO3. The number of benzene rings is 1. The Balaban J connectivity index is 3.04. The zero-order valence-corrected chi connectivity index (χ0v) is 13.7. The predicted octanol–water partition coefficient (Wildman–Crippen LogP) is 4.28. The fourth-order valence-corrected chi connectivity index (χ4v) is 2.44. The number of halogens is 5. The molecule has 1 aromatic rings. The van der Waals surface area contributed by atoms with Crippen LogP contribution in [0.3, 0.4) is 0 Å². The van der Waals surface area contributed by atoms with Crippen LogP contribution >= 0.6 is 0 Å². The maximum atomic E-state index is 13.2. The maximum Gasteiger partial charge on any atom is 0.453 e. The van der Waals surface area contributed by atoms with Crippen LogP contribution in [0.4, 0.5) is 26.7 Å². The van der Waals surface area contributed by atoms with Crippen molar-refractivity contribution in [3.8, 4) is 0 Å². The maximum absolute atomic E-state index is 13.2. The third-order valence-corrected chi connectivity index (χ3v) is 3.78. The van der Waals surface area contributed by atoms with Crippen molar-refractivity contribution in [2.45, 2.75) is 57.0 Å². The summed E-state index contributed by atoms with van der Waals surface area (Å²) >= 11 is 0. The second-order valence-electron chi connectivity index (χ2n) is 6.31. The van der Waals surface area contributed by atoms with Gasteiger partial charge < -0.3 is 10.2 Å². The molecule has 0 saturated carbocycles. The summed E-state index contributed by atoms with van der Waals surface area (Å²) in [6.45, 7) is 2.09. The van der Waals surface area contributed by atoms with Crippen molar-refractivity contribution in [3.05, 3.63) is 35.9 Å². The molecular weight excluding hydrogens is 349 g/mol. The van der Waals surface area contributed by atoms with Crippen molar-refractivity contribution in [1.29, 1.82) is 0 Å². The van der Waals surface area contributed by atoms with E-state index in [1.54, 1.807) is 30.3 Å².